The Bertz CT molecular complexity index is 1070. The summed E-state index contributed by atoms with van der Waals surface area (Å²) in [7, 11) is 0. The Hall–Kier alpha value is -2.72. The van der Waals surface area contributed by atoms with Crippen molar-refractivity contribution in [1.82, 2.24) is 9.38 Å². The molecule has 4 rings (SSSR count). The van der Waals surface area contributed by atoms with Crippen molar-refractivity contribution in [1.29, 1.82) is 0 Å². The van der Waals surface area contributed by atoms with Crippen LogP contribution in [-0.4, -0.2) is 15.7 Å². The van der Waals surface area contributed by atoms with Crippen molar-refractivity contribution in [3.63, 3.8) is 0 Å². The zero-order chi connectivity index (χ0) is 17.6. The molecular formula is C21H18N2OS. The lowest BCUT2D eigenvalue weighted by Crippen LogP contribution is -1.95. The van der Waals surface area contributed by atoms with E-state index in [-0.39, 0.29) is 0 Å². The van der Waals surface area contributed by atoms with E-state index in [0.717, 1.165) is 44.1 Å². The fourth-order valence-electron chi connectivity index (χ4n) is 3.45. The third kappa shape index (κ3) is 2.59. The molecule has 2 aromatic heterocycles. The number of hydrogen-bond donors (Lipinski definition) is 0. The van der Waals surface area contributed by atoms with Gasteiger partial charge in [0.05, 0.1) is 4.88 Å². The van der Waals surface area contributed by atoms with Gasteiger partial charge in [-0.2, -0.15) is 0 Å². The van der Waals surface area contributed by atoms with Crippen LogP contribution in [0.2, 0.25) is 0 Å². The van der Waals surface area contributed by atoms with Gasteiger partial charge in [-0.25, -0.2) is 4.98 Å². The molecule has 0 aliphatic rings. The monoisotopic (exact) mass is 346 g/mol. The molecule has 25 heavy (non-hydrogen) atoms. The maximum Gasteiger partial charge on any atom is 0.195 e. The fraction of sp³-hybridized carbons (Fsp3) is 0.143. The lowest BCUT2D eigenvalue weighted by atomic mass is 9.96. The van der Waals surface area contributed by atoms with Crippen LogP contribution in [0.15, 0.2) is 48.7 Å². The molecule has 0 N–H and O–H groups in total. The highest BCUT2D eigenvalue weighted by Crippen LogP contribution is 2.35. The molecule has 4 heteroatoms. The number of nitrogens with zero attached hydrogens (tertiary/aromatic N) is 2. The molecule has 0 aliphatic carbocycles. The van der Waals surface area contributed by atoms with Crippen LogP contribution in [0.25, 0.3) is 26.7 Å². The molecule has 0 saturated carbocycles. The quantitative estimate of drug-likeness (QED) is 0.461. The first-order valence-corrected chi connectivity index (χ1v) is 9.01. The maximum atomic E-state index is 11.9. The Morgan fingerprint density at radius 1 is 1.04 bits per heavy atom. The van der Waals surface area contributed by atoms with E-state index >= 15 is 0 Å². The number of fused-ring (bicyclic) bond motifs is 1. The van der Waals surface area contributed by atoms with E-state index in [1.807, 2.05) is 28.8 Å². The van der Waals surface area contributed by atoms with Crippen molar-refractivity contribution in [3.05, 3.63) is 71.0 Å². The van der Waals surface area contributed by atoms with Crippen LogP contribution in [0, 0.1) is 20.8 Å². The number of aromatic nitrogens is 2. The number of imidazole rings is 1. The van der Waals surface area contributed by atoms with Crippen LogP contribution in [0.4, 0.5) is 0 Å². The molecule has 0 amide bonds. The molecule has 0 spiro atoms. The molecule has 2 heterocycles. The van der Waals surface area contributed by atoms with Crippen LogP contribution in [-0.2, 0) is 0 Å². The van der Waals surface area contributed by atoms with E-state index in [4.69, 9.17) is 4.98 Å². The Labute approximate surface area is 150 Å². The van der Waals surface area contributed by atoms with Crippen molar-refractivity contribution in [3.8, 4) is 21.7 Å². The summed E-state index contributed by atoms with van der Waals surface area (Å²) in [4.78, 5) is 18.6. The molecule has 2 aromatic carbocycles. The number of aryl methyl sites for hydroxylation is 3. The molecule has 4 aromatic rings. The Balaban J connectivity index is 1.93. The van der Waals surface area contributed by atoms with Gasteiger partial charge in [0, 0.05) is 11.8 Å². The molecule has 0 fully saturated rings. The van der Waals surface area contributed by atoms with E-state index in [1.54, 1.807) is 11.3 Å². The van der Waals surface area contributed by atoms with Gasteiger partial charge in [0.2, 0.25) is 0 Å². The van der Waals surface area contributed by atoms with E-state index in [0.29, 0.717) is 5.69 Å². The van der Waals surface area contributed by atoms with Gasteiger partial charge in [-0.15, -0.1) is 0 Å². The molecule has 124 valence electrons. The second-order valence-electron chi connectivity index (χ2n) is 6.35. The molecule has 0 atom stereocenters. The number of hydrogen-bond acceptors (Lipinski definition) is 3. The summed E-state index contributed by atoms with van der Waals surface area (Å²) in [6, 6.07) is 14.5. The summed E-state index contributed by atoms with van der Waals surface area (Å²) in [5.74, 6) is 0. The summed E-state index contributed by atoms with van der Waals surface area (Å²) >= 11 is 1.60. The molecule has 0 saturated heterocycles. The van der Waals surface area contributed by atoms with E-state index < -0.39 is 0 Å². The number of benzene rings is 2. The summed E-state index contributed by atoms with van der Waals surface area (Å²) < 4.78 is 1.91. The molecule has 0 bridgehead atoms. The van der Waals surface area contributed by atoms with Gasteiger partial charge in [-0.1, -0.05) is 59.4 Å². The summed E-state index contributed by atoms with van der Waals surface area (Å²) in [6.07, 6.45) is 2.92. The van der Waals surface area contributed by atoms with Crippen LogP contribution >= 0.6 is 11.3 Å². The Kier molecular flexibility index (Phi) is 3.77. The van der Waals surface area contributed by atoms with E-state index in [9.17, 15) is 4.79 Å². The molecule has 3 nitrogen and oxygen atoms in total. The minimum atomic E-state index is 0.614. The number of thiazole rings is 1. The lowest BCUT2D eigenvalue weighted by Gasteiger charge is -2.09. The average molecular weight is 346 g/mol. The smallest absolute Gasteiger partial charge is 0.195 e. The molecule has 0 aliphatic heterocycles. The largest absolute Gasteiger partial charge is 0.296 e. The number of rotatable bonds is 3. The number of aldehydes is 1. The van der Waals surface area contributed by atoms with Crippen LogP contribution in [0.1, 0.15) is 27.2 Å². The van der Waals surface area contributed by atoms with Gasteiger partial charge in [0.1, 0.15) is 11.4 Å². The third-order valence-corrected chi connectivity index (χ3v) is 5.48. The lowest BCUT2D eigenvalue weighted by molar-refractivity contribution is 0.111. The van der Waals surface area contributed by atoms with Crippen molar-refractivity contribution >= 4 is 22.6 Å². The van der Waals surface area contributed by atoms with Crippen LogP contribution < -0.4 is 0 Å². The second-order valence-corrected chi connectivity index (χ2v) is 7.36. The topological polar surface area (TPSA) is 34.4 Å². The van der Waals surface area contributed by atoms with Crippen molar-refractivity contribution in [2.45, 2.75) is 20.8 Å². The molecular weight excluding hydrogens is 328 g/mol. The highest BCUT2D eigenvalue weighted by Gasteiger charge is 2.19. The Morgan fingerprint density at radius 2 is 1.72 bits per heavy atom. The highest BCUT2D eigenvalue weighted by molar-refractivity contribution is 7.20. The fourth-order valence-corrected chi connectivity index (χ4v) is 4.44. The van der Waals surface area contributed by atoms with Crippen LogP contribution in [0.3, 0.4) is 0 Å². The van der Waals surface area contributed by atoms with Gasteiger partial charge in [-0.3, -0.25) is 9.20 Å². The standard InChI is InChI=1S/C21H18N2OS/c1-13-9-14(2)19(15(3)10-13)20-17(12-24)23-11-18(25-21(23)22-20)16-7-5-4-6-8-16/h4-12H,1-3H3. The normalized spacial score (nSPS) is 11.2. The first kappa shape index (κ1) is 15.8. The van der Waals surface area contributed by atoms with Gasteiger partial charge < -0.3 is 0 Å². The highest BCUT2D eigenvalue weighted by atomic mass is 32.1. The predicted molar refractivity (Wildman–Crippen MR) is 104 cm³/mol. The zero-order valence-corrected chi connectivity index (χ0v) is 15.2. The van der Waals surface area contributed by atoms with Gasteiger partial charge in [-0.05, 0) is 37.5 Å². The van der Waals surface area contributed by atoms with Crippen molar-refractivity contribution in [2.75, 3.05) is 0 Å². The van der Waals surface area contributed by atoms with Gasteiger partial charge in [0.15, 0.2) is 11.2 Å². The van der Waals surface area contributed by atoms with E-state index in [2.05, 4.69) is 45.0 Å². The van der Waals surface area contributed by atoms with Crippen molar-refractivity contribution in [2.24, 2.45) is 0 Å². The average Bonchev–Trinajstić information content (AvgIpc) is 3.12. The third-order valence-electron chi connectivity index (χ3n) is 4.45. The minimum Gasteiger partial charge on any atom is -0.296 e. The first-order chi connectivity index (χ1) is 12.1. The predicted octanol–water partition coefficient (Wildman–Crippen LogP) is 5.47. The number of carbonyl (C=O) groups is 1. The van der Waals surface area contributed by atoms with E-state index in [1.165, 1.54) is 5.56 Å². The maximum absolute atomic E-state index is 11.9. The summed E-state index contributed by atoms with van der Waals surface area (Å²) in [5.41, 5.74) is 7.10. The Morgan fingerprint density at radius 3 is 2.36 bits per heavy atom. The minimum absolute atomic E-state index is 0.614. The number of carbonyl (C=O) groups excluding carboxylic acids is 1. The summed E-state index contributed by atoms with van der Waals surface area (Å²) in [6.45, 7) is 6.24. The van der Waals surface area contributed by atoms with Crippen molar-refractivity contribution < 1.29 is 4.79 Å². The molecule has 0 unspecified atom stereocenters. The molecule has 0 radical (unpaired) electrons. The summed E-state index contributed by atoms with van der Waals surface area (Å²) in [5, 5.41) is 0. The first-order valence-electron chi connectivity index (χ1n) is 8.19. The zero-order valence-electron chi connectivity index (χ0n) is 14.4. The van der Waals surface area contributed by atoms with Crippen LogP contribution in [0.5, 0.6) is 0 Å². The second kappa shape index (κ2) is 5.97. The van der Waals surface area contributed by atoms with Gasteiger partial charge in [0.25, 0.3) is 0 Å². The SMILES string of the molecule is Cc1cc(C)c(-c2nc3sc(-c4ccccc4)cn3c2C=O)c(C)c1. The van der Waals surface area contributed by atoms with Gasteiger partial charge >= 0.3 is 0 Å².